The first-order chi connectivity index (χ1) is 9.17. The highest BCUT2D eigenvalue weighted by molar-refractivity contribution is 5.79. The van der Waals surface area contributed by atoms with Gasteiger partial charge in [0.1, 0.15) is 34.7 Å². The van der Waals surface area contributed by atoms with Gasteiger partial charge >= 0.3 is 0 Å². The Hall–Kier alpha value is -2.20. The predicted molar refractivity (Wildman–Crippen MR) is 72.2 cm³/mol. The molecule has 0 saturated heterocycles. The second-order valence-corrected chi connectivity index (χ2v) is 4.48. The molecule has 19 heavy (non-hydrogen) atoms. The Morgan fingerprint density at radius 2 is 1.89 bits per heavy atom. The highest BCUT2D eigenvalue weighted by Gasteiger charge is 2.17. The third-order valence-electron chi connectivity index (χ3n) is 3.12. The van der Waals surface area contributed by atoms with Gasteiger partial charge in [-0.3, -0.25) is 0 Å². The molecule has 1 atom stereocenters. The molecular formula is C15H15NO3. The molecule has 1 aromatic carbocycles. The van der Waals surface area contributed by atoms with Crippen molar-refractivity contribution < 1.29 is 13.6 Å². The molecular weight excluding hydrogens is 242 g/mol. The van der Waals surface area contributed by atoms with Crippen molar-refractivity contribution in [3.05, 3.63) is 53.7 Å². The summed E-state index contributed by atoms with van der Waals surface area (Å²) >= 11 is 0. The lowest BCUT2D eigenvalue weighted by molar-refractivity contribution is 0.413. The van der Waals surface area contributed by atoms with E-state index in [-0.39, 0.29) is 0 Å². The van der Waals surface area contributed by atoms with Crippen molar-refractivity contribution in [2.45, 2.75) is 13.0 Å². The van der Waals surface area contributed by atoms with Crippen LogP contribution in [-0.2, 0) is 0 Å². The van der Waals surface area contributed by atoms with E-state index in [1.807, 2.05) is 43.3 Å². The van der Waals surface area contributed by atoms with Crippen LogP contribution in [0.1, 0.15) is 23.3 Å². The average Bonchev–Trinajstić information content (AvgIpc) is 3.02. The molecule has 2 heterocycles. The summed E-state index contributed by atoms with van der Waals surface area (Å²) in [6, 6.07) is 11.0. The number of methoxy groups -OCH3 is 1. The number of aryl methyl sites for hydroxylation is 1. The van der Waals surface area contributed by atoms with E-state index >= 15 is 0 Å². The molecule has 4 nitrogen and oxygen atoms in total. The summed E-state index contributed by atoms with van der Waals surface area (Å²) < 4.78 is 16.5. The third kappa shape index (κ3) is 2.11. The Morgan fingerprint density at radius 3 is 2.58 bits per heavy atom. The predicted octanol–water partition coefficient (Wildman–Crippen LogP) is 3.39. The Bertz CT molecular complexity index is 711. The molecule has 3 aromatic rings. The molecule has 98 valence electrons. The molecule has 0 saturated carbocycles. The van der Waals surface area contributed by atoms with Gasteiger partial charge in [-0.1, -0.05) is 0 Å². The van der Waals surface area contributed by atoms with Gasteiger partial charge in [-0.15, -0.1) is 0 Å². The van der Waals surface area contributed by atoms with Crippen LogP contribution in [0, 0.1) is 6.92 Å². The van der Waals surface area contributed by atoms with Crippen LogP contribution in [0.4, 0.5) is 0 Å². The first kappa shape index (κ1) is 11.9. The number of benzene rings is 1. The van der Waals surface area contributed by atoms with E-state index in [1.54, 1.807) is 7.11 Å². The maximum absolute atomic E-state index is 6.15. The van der Waals surface area contributed by atoms with Crippen LogP contribution in [-0.4, -0.2) is 7.11 Å². The minimum Gasteiger partial charge on any atom is -0.497 e. The van der Waals surface area contributed by atoms with E-state index < -0.39 is 6.04 Å². The molecule has 0 aliphatic heterocycles. The first-order valence-corrected chi connectivity index (χ1v) is 6.07. The summed E-state index contributed by atoms with van der Waals surface area (Å²) in [5.41, 5.74) is 6.90. The molecule has 0 aliphatic carbocycles. The maximum Gasteiger partial charge on any atom is 0.138 e. The van der Waals surface area contributed by atoms with E-state index in [0.29, 0.717) is 11.5 Å². The molecule has 0 spiro atoms. The normalized spacial score (nSPS) is 12.8. The highest BCUT2D eigenvalue weighted by atomic mass is 16.5. The van der Waals surface area contributed by atoms with Gasteiger partial charge in [-0.05, 0) is 37.3 Å². The number of rotatable bonds is 3. The average molecular weight is 257 g/mol. The number of hydrogen-bond acceptors (Lipinski definition) is 4. The van der Waals surface area contributed by atoms with Crippen molar-refractivity contribution in [2.24, 2.45) is 5.73 Å². The van der Waals surface area contributed by atoms with Gasteiger partial charge in [-0.25, -0.2) is 0 Å². The topological polar surface area (TPSA) is 61.5 Å². The summed E-state index contributed by atoms with van der Waals surface area (Å²) in [7, 11) is 1.63. The van der Waals surface area contributed by atoms with Crippen molar-refractivity contribution in [1.29, 1.82) is 0 Å². The quantitative estimate of drug-likeness (QED) is 0.781. The summed E-state index contributed by atoms with van der Waals surface area (Å²) in [4.78, 5) is 0. The number of ether oxygens (including phenoxy) is 1. The minimum atomic E-state index is -0.396. The molecule has 2 aromatic heterocycles. The molecule has 2 N–H and O–H groups in total. The Balaban J connectivity index is 2.00. The zero-order valence-corrected chi connectivity index (χ0v) is 10.8. The number of furan rings is 2. The van der Waals surface area contributed by atoms with Crippen molar-refractivity contribution >= 4 is 11.0 Å². The molecule has 0 bridgehead atoms. The standard InChI is InChI=1S/C15H15NO3/c1-9-3-6-12(18-9)15(16)14-7-10-4-5-11(17-2)8-13(10)19-14/h3-8,15H,16H2,1-2H3. The number of fused-ring (bicyclic) bond motifs is 1. The minimum absolute atomic E-state index is 0.396. The van der Waals surface area contributed by atoms with Crippen molar-refractivity contribution in [2.75, 3.05) is 7.11 Å². The monoisotopic (exact) mass is 257 g/mol. The van der Waals surface area contributed by atoms with Gasteiger partial charge < -0.3 is 19.3 Å². The van der Waals surface area contributed by atoms with Crippen LogP contribution in [0.2, 0.25) is 0 Å². The van der Waals surface area contributed by atoms with Crippen LogP contribution in [0.3, 0.4) is 0 Å². The summed E-state index contributed by atoms with van der Waals surface area (Å²) in [6.45, 7) is 1.89. The smallest absolute Gasteiger partial charge is 0.138 e. The molecule has 1 unspecified atom stereocenters. The van der Waals surface area contributed by atoms with Crippen LogP contribution >= 0.6 is 0 Å². The van der Waals surface area contributed by atoms with Crippen molar-refractivity contribution in [1.82, 2.24) is 0 Å². The highest BCUT2D eigenvalue weighted by Crippen LogP contribution is 2.29. The fourth-order valence-corrected chi connectivity index (χ4v) is 2.07. The molecule has 3 rings (SSSR count). The second kappa shape index (κ2) is 4.48. The zero-order chi connectivity index (χ0) is 13.4. The Kier molecular flexibility index (Phi) is 2.80. The molecule has 0 radical (unpaired) electrons. The van der Waals surface area contributed by atoms with E-state index in [0.717, 1.165) is 22.5 Å². The number of nitrogens with two attached hydrogens (primary N) is 1. The molecule has 4 heteroatoms. The van der Waals surface area contributed by atoms with Crippen LogP contribution in [0.5, 0.6) is 5.75 Å². The van der Waals surface area contributed by atoms with E-state index in [9.17, 15) is 0 Å². The summed E-state index contributed by atoms with van der Waals surface area (Å²) in [6.07, 6.45) is 0. The second-order valence-electron chi connectivity index (χ2n) is 4.48. The lowest BCUT2D eigenvalue weighted by atomic mass is 10.1. The van der Waals surface area contributed by atoms with Crippen LogP contribution in [0.15, 0.2) is 45.2 Å². The van der Waals surface area contributed by atoms with Gasteiger partial charge in [0.15, 0.2) is 0 Å². The lowest BCUT2D eigenvalue weighted by Crippen LogP contribution is -2.09. The van der Waals surface area contributed by atoms with E-state index in [2.05, 4.69) is 0 Å². The van der Waals surface area contributed by atoms with Gasteiger partial charge in [0.05, 0.1) is 7.11 Å². The van der Waals surface area contributed by atoms with Crippen LogP contribution in [0.25, 0.3) is 11.0 Å². The summed E-state index contributed by atoms with van der Waals surface area (Å²) in [5, 5.41) is 0.995. The zero-order valence-electron chi connectivity index (χ0n) is 10.8. The van der Waals surface area contributed by atoms with Crippen LogP contribution < -0.4 is 10.5 Å². The largest absolute Gasteiger partial charge is 0.497 e. The fraction of sp³-hybridized carbons (Fsp3) is 0.200. The molecule has 0 aliphatic rings. The van der Waals surface area contributed by atoms with E-state index in [1.165, 1.54) is 0 Å². The number of hydrogen-bond donors (Lipinski definition) is 1. The summed E-state index contributed by atoms with van der Waals surface area (Å²) in [5.74, 6) is 2.97. The van der Waals surface area contributed by atoms with Crippen molar-refractivity contribution in [3.63, 3.8) is 0 Å². The van der Waals surface area contributed by atoms with Crippen molar-refractivity contribution in [3.8, 4) is 5.75 Å². The SMILES string of the molecule is COc1ccc2cc(C(N)c3ccc(C)o3)oc2c1. The van der Waals surface area contributed by atoms with Gasteiger partial charge in [0.2, 0.25) is 0 Å². The Morgan fingerprint density at radius 1 is 1.05 bits per heavy atom. The van der Waals surface area contributed by atoms with E-state index in [4.69, 9.17) is 19.3 Å². The van der Waals surface area contributed by atoms with Gasteiger partial charge in [0, 0.05) is 11.5 Å². The third-order valence-corrected chi connectivity index (χ3v) is 3.12. The van der Waals surface area contributed by atoms with Gasteiger partial charge in [0.25, 0.3) is 0 Å². The van der Waals surface area contributed by atoms with Gasteiger partial charge in [-0.2, -0.15) is 0 Å². The lowest BCUT2D eigenvalue weighted by Gasteiger charge is -2.04. The molecule has 0 amide bonds. The molecule has 0 fully saturated rings. The maximum atomic E-state index is 6.15. The Labute approximate surface area is 110 Å². The first-order valence-electron chi connectivity index (χ1n) is 6.07. The fourth-order valence-electron chi connectivity index (χ4n) is 2.07.